The first-order valence-electron chi connectivity index (χ1n) is 5.52. The number of hydrogen-bond donors (Lipinski definition) is 1. The van der Waals surface area contributed by atoms with Crippen LogP contribution >= 0.6 is 22.6 Å². The van der Waals surface area contributed by atoms with Gasteiger partial charge in [0, 0.05) is 9.26 Å². The summed E-state index contributed by atoms with van der Waals surface area (Å²) in [6, 6.07) is 5.33. The van der Waals surface area contributed by atoms with Crippen LogP contribution in [-0.2, 0) is 4.74 Å². The fraction of sp³-hybridized carbons (Fsp3) is 0.462. The van der Waals surface area contributed by atoms with Crippen LogP contribution in [0.15, 0.2) is 18.2 Å². The third-order valence-corrected chi connectivity index (χ3v) is 2.99. The minimum Gasteiger partial charge on any atom is -0.462 e. The third kappa shape index (κ3) is 4.93. The quantitative estimate of drug-likeness (QED) is 0.518. The van der Waals surface area contributed by atoms with Crippen LogP contribution in [0.5, 0.6) is 0 Å². The van der Waals surface area contributed by atoms with Crippen LogP contribution in [0.25, 0.3) is 0 Å². The van der Waals surface area contributed by atoms with Gasteiger partial charge in [-0.05, 0) is 52.6 Å². The van der Waals surface area contributed by atoms with E-state index in [1.165, 1.54) is 0 Å². The summed E-state index contributed by atoms with van der Waals surface area (Å²) in [5, 5.41) is 0. The topological polar surface area (TPSA) is 52.3 Å². The molecule has 0 amide bonds. The van der Waals surface area contributed by atoms with Gasteiger partial charge >= 0.3 is 5.97 Å². The number of halogens is 1. The number of nitrogens with two attached hydrogens (primary N) is 1. The number of hydrogen-bond acceptors (Lipinski definition) is 3. The maximum Gasteiger partial charge on any atom is 0.340 e. The van der Waals surface area contributed by atoms with E-state index < -0.39 is 0 Å². The third-order valence-electron chi connectivity index (χ3n) is 2.32. The molecule has 0 unspecified atom stereocenters. The van der Waals surface area contributed by atoms with Crippen molar-refractivity contribution in [2.24, 2.45) is 5.41 Å². The Labute approximate surface area is 116 Å². The molecule has 0 aromatic heterocycles. The lowest BCUT2D eigenvalue weighted by Gasteiger charge is -2.17. The second-order valence-electron chi connectivity index (χ2n) is 5.18. The van der Waals surface area contributed by atoms with Gasteiger partial charge in [0.1, 0.15) is 0 Å². The van der Waals surface area contributed by atoms with Crippen LogP contribution in [0.1, 0.15) is 37.6 Å². The van der Waals surface area contributed by atoms with E-state index in [-0.39, 0.29) is 11.4 Å². The number of esters is 1. The highest BCUT2D eigenvalue weighted by atomic mass is 127. The molecule has 1 aromatic rings. The lowest BCUT2D eigenvalue weighted by atomic mass is 9.93. The molecule has 0 aliphatic heterocycles. The highest BCUT2D eigenvalue weighted by Crippen LogP contribution is 2.20. The van der Waals surface area contributed by atoms with Crippen molar-refractivity contribution in [2.75, 3.05) is 12.3 Å². The van der Waals surface area contributed by atoms with Crippen molar-refractivity contribution in [2.45, 2.75) is 27.2 Å². The molecule has 0 heterocycles. The molecule has 0 aliphatic carbocycles. The Morgan fingerprint density at radius 2 is 2.06 bits per heavy atom. The highest BCUT2D eigenvalue weighted by molar-refractivity contribution is 14.1. The first kappa shape index (κ1) is 14.3. The summed E-state index contributed by atoms with van der Waals surface area (Å²) in [6.45, 7) is 6.76. The number of ether oxygens (including phenoxy) is 1. The Hall–Kier alpha value is -0.780. The number of benzene rings is 1. The van der Waals surface area contributed by atoms with Crippen LogP contribution in [0.4, 0.5) is 5.69 Å². The molecule has 4 heteroatoms. The van der Waals surface area contributed by atoms with Gasteiger partial charge in [-0.3, -0.25) is 0 Å². The van der Waals surface area contributed by atoms with Crippen molar-refractivity contribution in [3.8, 4) is 0 Å². The van der Waals surface area contributed by atoms with Gasteiger partial charge in [-0.1, -0.05) is 20.8 Å². The maximum atomic E-state index is 11.8. The van der Waals surface area contributed by atoms with Gasteiger partial charge in [0.2, 0.25) is 0 Å². The van der Waals surface area contributed by atoms with E-state index in [2.05, 4.69) is 43.4 Å². The molecule has 0 saturated carbocycles. The Bertz CT molecular complexity index is 410. The molecule has 17 heavy (non-hydrogen) atoms. The van der Waals surface area contributed by atoms with Gasteiger partial charge in [-0.15, -0.1) is 0 Å². The Morgan fingerprint density at radius 1 is 1.41 bits per heavy atom. The zero-order valence-corrected chi connectivity index (χ0v) is 12.6. The average Bonchev–Trinajstić information content (AvgIpc) is 2.19. The van der Waals surface area contributed by atoms with Gasteiger partial charge in [0.05, 0.1) is 12.2 Å². The molecule has 0 bridgehead atoms. The first-order valence-corrected chi connectivity index (χ1v) is 6.59. The molecule has 2 N–H and O–H groups in total. The summed E-state index contributed by atoms with van der Waals surface area (Å²) >= 11 is 2.14. The fourth-order valence-corrected chi connectivity index (χ4v) is 1.72. The zero-order valence-electron chi connectivity index (χ0n) is 10.4. The lowest BCUT2D eigenvalue weighted by Crippen LogP contribution is -2.14. The molecule has 3 nitrogen and oxygen atoms in total. The van der Waals surface area contributed by atoms with Crippen molar-refractivity contribution in [3.63, 3.8) is 0 Å². The minimum atomic E-state index is -0.342. The lowest BCUT2D eigenvalue weighted by molar-refractivity contribution is 0.0466. The summed E-state index contributed by atoms with van der Waals surface area (Å²) in [6.07, 6.45) is 0.836. The maximum absolute atomic E-state index is 11.8. The van der Waals surface area contributed by atoms with E-state index in [1.54, 1.807) is 12.1 Å². The highest BCUT2D eigenvalue weighted by Gasteiger charge is 2.14. The van der Waals surface area contributed by atoms with Crippen LogP contribution < -0.4 is 5.73 Å². The van der Waals surface area contributed by atoms with E-state index in [4.69, 9.17) is 10.5 Å². The van der Waals surface area contributed by atoms with Crippen LogP contribution in [-0.4, -0.2) is 12.6 Å². The first-order chi connectivity index (χ1) is 7.79. The monoisotopic (exact) mass is 347 g/mol. The number of anilines is 1. The summed E-state index contributed by atoms with van der Waals surface area (Å²) in [5.41, 5.74) is 6.82. The Balaban J connectivity index is 2.61. The van der Waals surface area contributed by atoms with Gasteiger partial charge in [-0.25, -0.2) is 4.79 Å². The fourth-order valence-electron chi connectivity index (χ4n) is 1.23. The smallest absolute Gasteiger partial charge is 0.340 e. The van der Waals surface area contributed by atoms with E-state index in [0.29, 0.717) is 17.9 Å². The summed E-state index contributed by atoms with van der Waals surface area (Å²) in [7, 11) is 0. The molecule has 0 atom stereocenters. The van der Waals surface area contributed by atoms with Gasteiger partial charge in [0.25, 0.3) is 0 Å². The van der Waals surface area contributed by atoms with E-state index in [9.17, 15) is 4.79 Å². The second kappa shape index (κ2) is 5.71. The Morgan fingerprint density at radius 3 is 2.65 bits per heavy atom. The van der Waals surface area contributed by atoms with Gasteiger partial charge in [-0.2, -0.15) is 0 Å². The predicted octanol–water partition coefficient (Wildman–Crippen LogP) is 3.47. The van der Waals surface area contributed by atoms with E-state index >= 15 is 0 Å². The summed E-state index contributed by atoms with van der Waals surface area (Å²) < 4.78 is 6.19. The average molecular weight is 347 g/mol. The standard InChI is InChI=1S/C13H18INO2/c1-13(2,3)6-7-17-12(16)10-8-9(14)4-5-11(10)15/h4-5,8H,6-7,15H2,1-3H3. The molecular formula is C13H18INO2. The molecule has 0 fully saturated rings. The molecule has 0 saturated heterocycles. The minimum absolute atomic E-state index is 0.164. The van der Waals surface area contributed by atoms with Crippen molar-refractivity contribution in [3.05, 3.63) is 27.3 Å². The molecule has 94 valence electrons. The van der Waals surface area contributed by atoms with Crippen molar-refractivity contribution < 1.29 is 9.53 Å². The van der Waals surface area contributed by atoms with Gasteiger partial charge in [0.15, 0.2) is 0 Å². The molecule has 0 radical (unpaired) electrons. The normalized spacial score (nSPS) is 11.3. The van der Waals surface area contributed by atoms with Gasteiger partial charge < -0.3 is 10.5 Å². The number of rotatable bonds is 3. The molecular weight excluding hydrogens is 329 g/mol. The van der Waals surface area contributed by atoms with E-state index in [1.807, 2.05) is 6.07 Å². The van der Waals surface area contributed by atoms with Crippen LogP contribution in [0.3, 0.4) is 0 Å². The SMILES string of the molecule is CC(C)(C)CCOC(=O)c1cc(I)ccc1N. The predicted molar refractivity (Wildman–Crippen MR) is 77.9 cm³/mol. The van der Waals surface area contributed by atoms with Crippen LogP contribution in [0.2, 0.25) is 0 Å². The second-order valence-corrected chi connectivity index (χ2v) is 6.42. The van der Waals surface area contributed by atoms with Crippen molar-refractivity contribution in [1.29, 1.82) is 0 Å². The van der Waals surface area contributed by atoms with Crippen molar-refractivity contribution in [1.82, 2.24) is 0 Å². The summed E-state index contributed by atoms with van der Waals surface area (Å²) in [4.78, 5) is 11.8. The number of carbonyl (C=O) groups excluding carboxylic acids is 1. The van der Waals surface area contributed by atoms with Crippen LogP contribution in [0, 0.1) is 8.99 Å². The van der Waals surface area contributed by atoms with E-state index in [0.717, 1.165) is 9.99 Å². The molecule has 0 aliphatic rings. The zero-order chi connectivity index (χ0) is 13.1. The largest absolute Gasteiger partial charge is 0.462 e. The molecule has 0 spiro atoms. The number of nitrogen functional groups attached to an aromatic ring is 1. The number of carbonyl (C=O) groups is 1. The Kier molecular flexibility index (Phi) is 4.80. The summed E-state index contributed by atoms with van der Waals surface area (Å²) in [5.74, 6) is -0.342. The van der Waals surface area contributed by atoms with Crippen molar-refractivity contribution >= 4 is 34.2 Å². The molecule has 1 aromatic carbocycles. The molecule has 1 rings (SSSR count).